The number of imide groups is 1. The molecule has 1 N–H and O–H groups in total. The molecule has 7 nitrogen and oxygen atoms in total. The van der Waals surface area contributed by atoms with Crippen LogP contribution in [0.3, 0.4) is 0 Å². The van der Waals surface area contributed by atoms with E-state index in [1.807, 2.05) is 88.4 Å². The van der Waals surface area contributed by atoms with E-state index in [0.29, 0.717) is 5.69 Å². The van der Waals surface area contributed by atoms with Crippen LogP contribution in [0.4, 0.5) is 5.69 Å². The Labute approximate surface area is 253 Å². The number of amides is 3. The van der Waals surface area contributed by atoms with Gasteiger partial charge < -0.3 is 10.1 Å². The van der Waals surface area contributed by atoms with Gasteiger partial charge in [-0.05, 0) is 71.7 Å². The zero-order valence-corrected chi connectivity index (χ0v) is 25.6. The average Bonchev–Trinajstić information content (AvgIpc) is 3.23. The van der Waals surface area contributed by atoms with Crippen molar-refractivity contribution in [2.75, 3.05) is 11.9 Å². The van der Waals surface area contributed by atoms with Gasteiger partial charge in [-0.15, -0.1) is 0 Å². The second-order valence-corrected chi connectivity index (χ2v) is 12.9. The zero-order valence-electron chi connectivity index (χ0n) is 24.0. The molecule has 0 radical (unpaired) electrons. The number of hydrogen-bond acceptors (Lipinski definition) is 5. The Kier molecular flexibility index (Phi) is 7.29. The SMILES string of the molecule is Cc1cc(NC(=O)COC(=O)[C@H](CC(C)C)N2C(=O)[C@@H]3C4c5ccccc5C(c5ccccc54)[C@H]3C2=O)c(C)cc1Br. The number of nitrogens with zero attached hydrogens (tertiary/aromatic N) is 1. The molecular formula is C34H33BrN2O5. The van der Waals surface area contributed by atoms with Gasteiger partial charge in [-0.1, -0.05) is 78.3 Å². The summed E-state index contributed by atoms with van der Waals surface area (Å²) in [4.78, 5) is 55.8. The molecule has 1 heterocycles. The molecule has 1 fully saturated rings. The first-order valence-electron chi connectivity index (χ1n) is 14.4. The van der Waals surface area contributed by atoms with Crippen molar-refractivity contribution in [2.24, 2.45) is 17.8 Å². The van der Waals surface area contributed by atoms with E-state index in [1.54, 1.807) is 0 Å². The quantitative estimate of drug-likeness (QED) is 0.262. The minimum Gasteiger partial charge on any atom is -0.454 e. The number of benzene rings is 3. The van der Waals surface area contributed by atoms with Crippen molar-refractivity contribution >= 4 is 45.3 Å². The number of carbonyl (C=O) groups is 4. The summed E-state index contributed by atoms with van der Waals surface area (Å²) >= 11 is 3.48. The van der Waals surface area contributed by atoms with Crippen molar-refractivity contribution in [3.8, 4) is 0 Å². The predicted molar refractivity (Wildman–Crippen MR) is 162 cm³/mol. The maximum Gasteiger partial charge on any atom is 0.329 e. The lowest BCUT2D eigenvalue weighted by Crippen LogP contribution is -2.47. The van der Waals surface area contributed by atoms with Crippen molar-refractivity contribution in [2.45, 2.75) is 52.0 Å². The average molecular weight is 630 g/mol. The van der Waals surface area contributed by atoms with Crippen LogP contribution in [-0.2, 0) is 23.9 Å². The van der Waals surface area contributed by atoms with E-state index in [1.165, 1.54) is 0 Å². The van der Waals surface area contributed by atoms with E-state index in [4.69, 9.17) is 4.74 Å². The van der Waals surface area contributed by atoms with Gasteiger partial charge in [0, 0.05) is 22.0 Å². The molecule has 0 saturated carbocycles. The maximum absolute atomic E-state index is 14.2. The molecule has 0 unspecified atom stereocenters. The van der Waals surface area contributed by atoms with Crippen molar-refractivity contribution in [1.29, 1.82) is 0 Å². The molecule has 3 aromatic carbocycles. The zero-order chi connectivity index (χ0) is 29.9. The Balaban J connectivity index is 1.26. The molecule has 216 valence electrons. The van der Waals surface area contributed by atoms with Gasteiger partial charge in [-0.25, -0.2) is 4.79 Å². The number of aryl methyl sites for hydroxylation is 2. The normalized spacial score (nSPS) is 22.5. The maximum atomic E-state index is 14.2. The van der Waals surface area contributed by atoms with Crippen LogP contribution < -0.4 is 5.32 Å². The summed E-state index contributed by atoms with van der Waals surface area (Å²) in [5, 5.41) is 2.80. The van der Waals surface area contributed by atoms with Gasteiger partial charge in [0.1, 0.15) is 6.04 Å². The number of hydrogen-bond donors (Lipinski definition) is 1. The van der Waals surface area contributed by atoms with Crippen LogP contribution >= 0.6 is 15.9 Å². The van der Waals surface area contributed by atoms with E-state index in [-0.39, 0.29) is 36.0 Å². The summed E-state index contributed by atoms with van der Waals surface area (Å²) in [7, 11) is 0. The second kappa shape index (κ2) is 10.8. The molecular weight excluding hydrogens is 596 g/mol. The summed E-state index contributed by atoms with van der Waals surface area (Å²) in [6.45, 7) is 7.13. The molecule has 8 heteroatoms. The summed E-state index contributed by atoms with van der Waals surface area (Å²) in [6.07, 6.45) is 0.248. The summed E-state index contributed by atoms with van der Waals surface area (Å²) in [6, 6.07) is 18.7. The minimum atomic E-state index is -1.11. The van der Waals surface area contributed by atoms with Crippen LogP contribution in [0.1, 0.15) is 65.5 Å². The van der Waals surface area contributed by atoms with Crippen molar-refractivity contribution in [1.82, 2.24) is 4.90 Å². The van der Waals surface area contributed by atoms with E-state index >= 15 is 0 Å². The number of likely N-dealkylation sites (tertiary alicyclic amines) is 1. The fourth-order valence-electron chi connectivity index (χ4n) is 7.10. The van der Waals surface area contributed by atoms with Crippen molar-refractivity contribution in [3.05, 3.63) is 98.5 Å². The molecule has 2 bridgehead atoms. The number of carbonyl (C=O) groups excluding carboxylic acids is 4. The Hall–Kier alpha value is -3.78. The smallest absolute Gasteiger partial charge is 0.329 e. The fourth-order valence-corrected chi connectivity index (χ4v) is 7.55. The summed E-state index contributed by atoms with van der Waals surface area (Å²) < 4.78 is 6.41. The molecule has 42 heavy (non-hydrogen) atoms. The van der Waals surface area contributed by atoms with Crippen molar-refractivity contribution in [3.63, 3.8) is 0 Å². The van der Waals surface area contributed by atoms with Crippen LogP contribution in [0.5, 0.6) is 0 Å². The molecule has 0 spiro atoms. The topological polar surface area (TPSA) is 92.8 Å². The lowest BCUT2D eigenvalue weighted by atomic mass is 9.55. The largest absolute Gasteiger partial charge is 0.454 e. The van der Waals surface area contributed by atoms with Gasteiger partial charge in [0.2, 0.25) is 11.8 Å². The first kappa shape index (κ1) is 28.3. The number of halogens is 1. The summed E-state index contributed by atoms with van der Waals surface area (Å²) in [5.74, 6) is -3.59. The van der Waals surface area contributed by atoms with Crippen LogP contribution in [0.2, 0.25) is 0 Å². The molecule has 1 saturated heterocycles. The highest BCUT2D eigenvalue weighted by Gasteiger charge is 2.63. The molecule has 3 aliphatic carbocycles. The number of esters is 1. The monoisotopic (exact) mass is 628 g/mol. The Morgan fingerprint density at radius 1 is 0.857 bits per heavy atom. The number of nitrogens with one attached hydrogen (secondary N) is 1. The Morgan fingerprint density at radius 3 is 1.83 bits per heavy atom. The molecule has 3 amide bonds. The van der Waals surface area contributed by atoms with Gasteiger partial charge in [0.05, 0.1) is 11.8 Å². The third-order valence-electron chi connectivity index (χ3n) is 8.89. The van der Waals surface area contributed by atoms with E-state index in [9.17, 15) is 19.2 Å². The van der Waals surface area contributed by atoms with E-state index < -0.39 is 36.4 Å². The third kappa shape index (κ3) is 4.56. The van der Waals surface area contributed by atoms with Crippen molar-refractivity contribution < 1.29 is 23.9 Å². The number of anilines is 1. The first-order valence-corrected chi connectivity index (χ1v) is 15.2. The summed E-state index contributed by atoms with van der Waals surface area (Å²) in [5.41, 5.74) is 6.73. The highest BCUT2D eigenvalue weighted by molar-refractivity contribution is 9.10. The molecule has 3 aromatic rings. The Bertz CT molecular complexity index is 1520. The van der Waals surface area contributed by atoms with Gasteiger partial charge in [-0.2, -0.15) is 0 Å². The van der Waals surface area contributed by atoms with Gasteiger partial charge in [0.25, 0.3) is 5.91 Å². The minimum absolute atomic E-state index is 0.000823. The second-order valence-electron chi connectivity index (χ2n) is 12.0. The lowest BCUT2D eigenvalue weighted by Gasteiger charge is -2.45. The van der Waals surface area contributed by atoms with E-state index in [0.717, 1.165) is 42.8 Å². The van der Waals surface area contributed by atoms with Crippen LogP contribution in [0, 0.1) is 31.6 Å². The van der Waals surface area contributed by atoms with Crippen LogP contribution in [-0.4, -0.2) is 41.2 Å². The lowest BCUT2D eigenvalue weighted by molar-refractivity contribution is -0.160. The molecule has 3 atom stereocenters. The highest BCUT2D eigenvalue weighted by Crippen LogP contribution is 2.61. The molecule has 4 aliphatic rings. The van der Waals surface area contributed by atoms with Gasteiger partial charge in [-0.3, -0.25) is 19.3 Å². The van der Waals surface area contributed by atoms with Crippen LogP contribution in [0.25, 0.3) is 0 Å². The third-order valence-corrected chi connectivity index (χ3v) is 9.74. The number of ether oxygens (including phenoxy) is 1. The standard InChI is InChI=1S/C34H33BrN2O5/c1-17(2)13-26(34(41)42-16-27(38)36-25-15-18(3)24(35)14-19(25)4)37-32(39)30-28-20-9-5-6-10-21(20)29(31(30)33(37)40)23-12-8-7-11-22(23)28/h5-12,14-15,17,26,28-31H,13,16H2,1-4H3,(H,36,38)/t26-,28?,29?,30+,31+/m0/s1. The van der Waals surface area contributed by atoms with Crippen LogP contribution in [0.15, 0.2) is 65.1 Å². The molecule has 7 rings (SSSR count). The molecule has 1 aliphatic heterocycles. The first-order chi connectivity index (χ1) is 20.1. The fraction of sp³-hybridized carbons (Fsp3) is 0.353. The molecule has 0 aromatic heterocycles. The Morgan fingerprint density at radius 2 is 1.36 bits per heavy atom. The van der Waals surface area contributed by atoms with Gasteiger partial charge in [0.15, 0.2) is 6.61 Å². The van der Waals surface area contributed by atoms with Gasteiger partial charge >= 0.3 is 5.97 Å². The highest BCUT2D eigenvalue weighted by atomic mass is 79.9. The predicted octanol–water partition coefficient (Wildman–Crippen LogP) is 5.85. The van der Waals surface area contributed by atoms with E-state index in [2.05, 4.69) is 21.2 Å². The number of rotatable bonds is 7.